The number of amides is 1. The predicted octanol–water partition coefficient (Wildman–Crippen LogP) is -0.0268. The van der Waals surface area contributed by atoms with Crippen LogP contribution >= 0.6 is 0 Å². The SMILES string of the molecule is CC1Nc2ncnc(NCCN3CCOCC3)c2NC1=O. The highest BCUT2D eigenvalue weighted by atomic mass is 16.5. The summed E-state index contributed by atoms with van der Waals surface area (Å²) in [4.78, 5) is 22.5. The summed E-state index contributed by atoms with van der Waals surface area (Å²) in [6.07, 6.45) is 1.49. The summed E-state index contributed by atoms with van der Waals surface area (Å²) in [5.74, 6) is 1.24. The molecule has 2 aliphatic rings. The van der Waals surface area contributed by atoms with E-state index in [-0.39, 0.29) is 11.9 Å². The molecule has 8 heteroatoms. The van der Waals surface area contributed by atoms with Crippen LogP contribution in [0.5, 0.6) is 0 Å². The third-order valence-corrected chi connectivity index (χ3v) is 3.67. The Bertz CT molecular complexity index is 517. The van der Waals surface area contributed by atoms with Gasteiger partial charge >= 0.3 is 0 Å². The first-order valence-corrected chi connectivity index (χ1v) is 7.20. The number of carbonyl (C=O) groups excluding carboxylic acids is 1. The van der Waals surface area contributed by atoms with Crippen LogP contribution in [-0.2, 0) is 9.53 Å². The summed E-state index contributed by atoms with van der Waals surface area (Å²) in [6.45, 7) is 6.97. The predicted molar refractivity (Wildman–Crippen MR) is 79.5 cm³/mol. The summed E-state index contributed by atoms with van der Waals surface area (Å²) < 4.78 is 5.32. The number of ether oxygens (including phenoxy) is 1. The molecule has 2 aliphatic heterocycles. The molecule has 1 fully saturated rings. The molecule has 1 atom stereocenters. The van der Waals surface area contributed by atoms with Crippen LogP contribution in [0.1, 0.15) is 6.92 Å². The minimum atomic E-state index is -0.284. The average Bonchev–Trinajstić information content (AvgIpc) is 2.50. The molecule has 3 heterocycles. The summed E-state index contributed by atoms with van der Waals surface area (Å²) in [5, 5.41) is 9.17. The lowest BCUT2D eigenvalue weighted by molar-refractivity contribution is -0.116. The Morgan fingerprint density at radius 1 is 1.43 bits per heavy atom. The van der Waals surface area contributed by atoms with Crippen molar-refractivity contribution >= 4 is 23.2 Å². The topological polar surface area (TPSA) is 91.4 Å². The number of hydrogen-bond acceptors (Lipinski definition) is 7. The Morgan fingerprint density at radius 3 is 3.05 bits per heavy atom. The molecular weight excluding hydrogens is 272 g/mol. The van der Waals surface area contributed by atoms with Gasteiger partial charge in [0.15, 0.2) is 11.6 Å². The molecule has 1 aromatic rings. The summed E-state index contributed by atoms with van der Waals surface area (Å²) in [7, 11) is 0. The van der Waals surface area contributed by atoms with E-state index in [1.807, 2.05) is 0 Å². The molecule has 0 saturated carbocycles. The molecule has 1 unspecified atom stereocenters. The van der Waals surface area contributed by atoms with E-state index in [4.69, 9.17) is 4.74 Å². The van der Waals surface area contributed by atoms with Crippen molar-refractivity contribution < 1.29 is 9.53 Å². The van der Waals surface area contributed by atoms with E-state index in [1.165, 1.54) is 6.33 Å². The third kappa shape index (κ3) is 3.22. The van der Waals surface area contributed by atoms with E-state index >= 15 is 0 Å². The Kier molecular flexibility index (Phi) is 4.16. The molecule has 0 aromatic carbocycles. The van der Waals surface area contributed by atoms with Gasteiger partial charge in [0.25, 0.3) is 0 Å². The maximum absolute atomic E-state index is 11.8. The number of rotatable bonds is 4. The lowest BCUT2D eigenvalue weighted by atomic mass is 10.2. The Morgan fingerprint density at radius 2 is 2.24 bits per heavy atom. The summed E-state index contributed by atoms with van der Waals surface area (Å²) in [6, 6.07) is -0.284. The molecule has 0 spiro atoms. The number of anilines is 3. The monoisotopic (exact) mass is 292 g/mol. The molecule has 0 aliphatic carbocycles. The Labute approximate surface area is 123 Å². The van der Waals surface area contributed by atoms with Gasteiger partial charge in [-0.05, 0) is 6.92 Å². The highest BCUT2D eigenvalue weighted by Crippen LogP contribution is 2.29. The first-order valence-electron chi connectivity index (χ1n) is 7.20. The van der Waals surface area contributed by atoms with E-state index in [0.29, 0.717) is 17.3 Å². The van der Waals surface area contributed by atoms with E-state index in [9.17, 15) is 4.79 Å². The first-order chi connectivity index (χ1) is 10.2. The van der Waals surface area contributed by atoms with Crippen LogP contribution in [0.3, 0.4) is 0 Å². The van der Waals surface area contributed by atoms with E-state index in [0.717, 1.165) is 39.4 Å². The van der Waals surface area contributed by atoms with Crippen LogP contribution in [0, 0.1) is 0 Å². The molecule has 21 heavy (non-hydrogen) atoms. The van der Waals surface area contributed by atoms with Crippen LogP contribution in [0.15, 0.2) is 6.33 Å². The highest BCUT2D eigenvalue weighted by molar-refractivity contribution is 6.04. The van der Waals surface area contributed by atoms with Crippen molar-refractivity contribution in [1.82, 2.24) is 14.9 Å². The molecular formula is C13H20N6O2. The van der Waals surface area contributed by atoms with Crippen LogP contribution in [0.25, 0.3) is 0 Å². The fourth-order valence-electron chi connectivity index (χ4n) is 2.41. The number of hydrogen-bond donors (Lipinski definition) is 3. The van der Waals surface area contributed by atoms with Crippen molar-refractivity contribution in [2.75, 3.05) is 55.3 Å². The van der Waals surface area contributed by atoms with Gasteiger partial charge in [-0.3, -0.25) is 9.69 Å². The zero-order chi connectivity index (χ0) is 14.7. The molecule has 8 nitrogen and oxygen atoms in total. The number of nitrogens with zero attached hydrogens (tertiary/aromatic N) is 3. The molecule has 114 valence electrons. The van der Waals surface area contributed by atoms with Crippen LogP contribution in [-0.4, -0.2) is 66.2 Å². The number of carbonyl (C=O) groups is 1. The largest absolute Gasteiger partial charge is 0.379 e. The standard InChI is InChI=1S/C13H20N6O2/c1-9-13(20)18-10-11(15-8-16-12(10)17-9)14-2-3-19-4-6-21-7-5-19/h8-9H,2-7H2,1H3,(H,18,20)(H2,14,15,16,17). The average molecular weight is 292 g/mol. The smallest absolute Gasteiger partial charge is 0.246 e. The highest BCUT2D eigenvalue weighted by Gasteiger charge is 2.25. The second-order valence-electron chi connectivity index (χ2n) is 5.18. The molecule has 1 amide bonds. The normalized spacial score (nSPS) is 22.1. The fourth-order valence-corrected chi connectivity index (χ4v) is 2.41. The van der Waals surface area contributed by atoms with Crippen LogP contribution in [0.4, 0.5) is 17.3 Å². The van der Waals surface area contributed by atoms with Crippen molar-refractivity contribution in [1.29, 1.82) is 0 Å². The molecule has 3 rings (SSSR count). The van der Waals surface area contributed by atoms with Gasteiger partial charge in [-0.2, -0.15) is 0 Å². The third-order valence-electron chi connectivity index (χ3n) is 3.67. The molecule has 3 N–H and O–H groups in total. The second-order valence-corrected chi connectivity index (χ2v) is 5.18. The van der Waals surface area contributed by atoms with Crippen molar-refractivity contribution in [3.63, 3.8) is 0 Å². The molecule has 1 aromatic heterocycles. The minimum Gasteiger partial charge on any atom is -0.379 e. The lowest BCUT2D eigenvalue weighted by Crippen LogP contribution is -2.39. The number of nitrogens with one attached hydrogen (secondary N) is 3. The first kappa shape index (κ1) is 14.0. The Balaban J connectivity index is 1.61. The van der Waals surface area contributed by atoms with Crippen LogP contribution < -0.4 is 16.0 Å². The van der Waals surface area contributed by atoms with Crippen molar-refractivity contribution in [2.24, 2.45) is 0 Å². The quantitative estimate of drug-likeness (QED) is 0.718. The number of morpholine rings is 1. The molecule has 1 saturated heterocycles. The molecule has 0 radical (unpaired) electrons. The van der Waals surface area contributed by atoms with Gasteiger partial charge in [-0.1, -0.05) is 0 Å². The summed E-state index contributed by atoms with van der Waals surface area (Å²) in [5.41, 5.74) is 0.627. The summed E-state index contributed by atoms with van der Waals surface area (Å²) >= 11 is 0. The van der Waals surface area contributed by atoms with Gasteiger partial charge in [0.1, 0.15) is 18.1 Å². The van der Waals surface area contributed by atoms with Crippen molar-refractivity contribution in [3.05, 3.63) is 6.33 Å². The van der Waals surface area contributed by atoms with E-state index in [1.54, 1.807) is 6.92 Å². The van der Waals surface area contributed by atoms with Gasteiger partial charge < -0.3 is 20.7 Å². The zero-order valence-electron chi connectivity index (χ0n) is 12.1. The molecule has 0 bridgehead atoms. The van der Waals surface area contributed by atoms with Crippen LogP contribution in [0.2, 0.25) is 0 Å². The van der Waals surface area contributed by atoms with Gasteiger partial charge in [0, 0.05) is 26.2 Å². The van der Waals surface area contributed by atoms with Gasteiger partial charge in [0.05, 0.1) is 13.2 Å². The number of aromatic nitrogens is 2. The van der Waals surface area contributed by atoms with Gasteiger partial charge in [-0.15, -0.1) is 0 Å². The van der Waals surface area contributed by atoms with Crippen molar-refractivity contribution in [2.45, 2.75) is 13.0 Å². The maximum Gasteiger partial charge on any atom is 0.246 e. The second kappa shape index (κ2) is 6.23. The van der Waals surface area contributed by atoms with Crippen molar-refractivity contribution in [3.8, 4) is 0 Å². The van der Waals surface area contributed by atoms with E-state index < -0.39 is 0 Å². The Hall–Kier alpha value is -1.93. The van der Waals surface area contributed by atoms with E-state index in [2.05, 4.69) is 30.8 Å². The van der Waals surface area contributed by atoms with Gasteiger partial charge in [-0.25, -0.2) is 9.97 Å². The zero-order valence-corrected chi connectivity index (χ0v) is 12.1. The fraction of sp³-hybridized carbons (Fsp3) is 0.615. The van der Waals surface area contributed by atoms with Gasteiger partial charge in [0.2, 0.25) is 5.91 Å². The number of fused-ring (bicyclic) bond motifs is 1. The minimum absolute atomic E-state index is 0.0754. The maximum atomic E-state index is 11.8. The lowest BCUT2D eigenvalue weighted by Gasteiger charge is -2.27.